The van der Waals surface area contributed by atoms with E-state index in [4.69, 9.17) is 34.8 Å². The van der Waals surface area contributed by atoms with E-state index in [1.54, 1.807) is 12.1 Å². The van der Waals surface area contributed by atoms with Gasteiger partial charge in [-0.25, -0.2) is 0 Å². The summed E-state index contributed by atoms with van der Waals surface area (Å²) in [5.74, 6) is 0.0740. The zero-order valence-electron chi connectivity index (χ0n) is 12.4. The van der Waals surface area contributed by atoms with Crippen molar-refractivity contribution in [2.24, 2.45) is 0 Å². The minimum atomic E-state index is -0.381. The average Bonchev–Trinajstić information content (AvgIpc) is 3.32. The highest BCUT2D eigenvalue weighted by Crippen LogP contribution is 2.48. The van der Waals surface area contributed by atoms with Crippen LogP contribution in [-0.2, 0) is 16.6 Å². The van der Waals surface area contributed by atoms with E-state index in [2.05, 4.69) is 5.32 Å². The lowest BCUT2D eigenvalue weighted by molar-refractivity contribution is -0.123. The molecule has 0 bridgehead atoms. The zero-order chi connectivity index (χ0) is 16.4. The van der Waals surface area contributed by atoms with Crippen molar-refractivity contribution < 1.29 is 4.79 Å². The third kappa shape index (κ3) is 3.65. The van der Waals surface area contributed by atoms with Crippen LogP contribution in [0, 0.1) is 0 Å². The second-order valence-corrected chi connectivity index (χ2v) is 7.11. The van der Waals surface area contributed by atoms with Gasteiger partial charge in [0.1, 0.15) is 0 Å². The van der Waals surface area contributed by atoms with Crippen molar-refractivity contribution in [1.82, 2.24) is 5.32 Å². The molecule has 1 aliphatic rings. The smallest absolute Gasteiger partial charge is 0.230 e. The number of benzene rings is 2. The van der Waals surface area contributed by atoms with Crippen LogP contribution in [0.15, 0.2) is 42.5 Å². The van der Waals surface area contributed by atoms with Gasteiger partial charge in [-0.05, 0) is 54.7 Å². The lowest BCUT2D eigenvalue weighted by Gasteiger charge is -2.16. The van der Waals surface area contributed by atoms with Crippen molar-refractivity contribution in [2.45, 2.75) is 24.7 Å². The number of carbonyl (C=O) groups excluding carboxylic acids is 1. The highest BCUT2D eigenvalue weighted by Gasteiger charge is 2.50. The number of nitrogens with one attached hydrogen (secondary N) is 1. The first kappa shape index (κ1) is 16.6. The van der Waals surface area contributed by atoms with Gasteiger partial charge in [-0.1, -0.05) is 53.0 Å². The van der Waals surface area contributed by atoms with Crippen molar-refractivity contribution >= 4 is 40.7 Å². The molecule has 5 heteroatoms. The van der Waals surface area contributed by atoms with Gasteiger partial charge in [-0.3, -0.25) is 4.79 Å². The van der Waals surface area contributed by atoms with E-state index in [1.165, 1.54) is 0 Å². The summed E-state index contributed by atoms with van der Waals surface area (Å²) in [5.41, 5.74) is 1.63. The molecule has 3 rings (SSSR count). The molecule has 23 heavy (non-hydrogen) atoms. The van der Waals surface area contributed by atoms with Crippen molar-refractivity contribution in [1.29, 1.82) is 0 Å². The number of halogens is 3. The van der Waals surface area contributed by atoms with Gasteiger partial charge >= 0.3 is 0 Å². The van der Waals surface area contributed by atoms with Crippen LogP contribution in [-0.4, -0.2) is 12.5 Å². The minimum absolute atomic E-state index is 0.0740. The largest absolute Gasteiger partial charge is 0.355 e. The zero-order valence-corrected chi connectivity index (χ0v) is 14.7. The molecule has 0 heterocycles. The molecule has 1 aliphatic carbocycles. The third-order valence-corrected chi connectivity index (χ3v) is 5.12. The molecule has 2 nitrogen and oxygen atoms in total. The Labute approximate surface area is 150 Å². The molecule has 2 aromatic rings. The summed E-state index contributed by atoms with van der Waals surface area (Å²) in [6.45, 7) is 0.551. The van der Waals surface area contributed by atoms with E-state index in [-0.39, 0.29) is 11.3 Å². The summed E-state index contributed by atoms with van der Waals surface area (Å²) in [4.78, 5) is 12.5. The highest BCUT2D eigenvalue weighted by atomic mass is 35.5. The molecule has 0 aliphatic heterocycles. The Balaban J connectivity index is 1.60. The lowest BCUT2D eigenvalue weighted by atomic mass is 9.95. The molecule has 1 N–H and O–H groups in total. The Bertz CT molecular complexity index is 724. The summed E-state index contributed by atoms with van der Waals surface area (Å²) >= 11 is 17.9. The van der Waals surface area contributed by atoms with Crippen molar-refractivity contribution in [2.75, 3.05) is 6.54 Å². The number of hydrogen-bond acceptors (Lipinski definition) is 1. The second-order valence-electron chi connectivity index (χ2n) is 5.83. The molecular formula is C18H16Cl3NO. The standard InChI is InChI=1S/C18H16Cl3NO/c19-14-5-2-13(3-6-14)18(8-9-18)17(23)22-10-7-12-1-4-15(20)11-16(12)21/h1-6,11H,7-10H2,(H,22,23). The van der Waals surface area contributed by atoms with E-state index >= 15 is 0 Å². The maximum Gasteiger partial charge on any atom is 0.230 e. The van der Waals surface area contributed by atoms with Gasteiger partial charge in [0.2, 0.25) is 5.91 Å². The molecule has 1 fully saturated rings. The molecule has 1 saturated carbocycles. The first-order chi connectivity index (χ1) is 11.0. The van der Waals surface area contributed by atoms with Crippen LogP contribution in [0.4, 0.5) is 0 Å². The quantitative estimate of drug-likeness (QED) is 0.787. The molecule has 1 amide bonds. The SMILES string of the molecule is O=C(NCCc1ccc(Cl)cc1Cl)C1(c2ccc(Cl)cc2)CC1. The first-order valence-corrected chi connectivity index (χ1v) is 8.63. The van der Waals surface area contributed by atoms with E-state index in [0.29, 0.717) is 28.0 Å². The molecule has 0 atom stereocenters. The van der Waals surface area contributed by atoms with Crippen molar-refractivity contribution in [3.8, 4) is 0 Å². The van der Waals surface area contributed by atoms with Gasteiger partial charge in [-0.15, -0.1) is 0 Å². The van der Waals surface area contributed by atoms with Crippen LogP contribution in [0.25, 0.3) is 0 Å². The third-order valence-electron chi connectivity index (χ3n) is 4.28. The van der Waals surface area contributed by atoms with E-state index in [1.807, 2.05) is 30.3 Å². The monoisotopic (exact) mass is 367 g/mol. The topological polar surface area (TPSA) is 29.1 Å². The Morgan fingerprint density at radius 1 is 1.00 bits per heavy atom. The fourth-order valence-corrected chi connectivity index (χ4v) is 3.37. The summed E-state index contributed by atoms with van der Waals surface area (Å²) in [5, 5.41) is 4.95. The van der Waals surface area contributed by atoms with E-state index in [9.17, 15) is 4.79 Å². The van der Waals surface area contributed by atoms with Crippen LogP contribution in [0.1, 0.15) is 24.0 Å². The average molecular weight is 369 g/mol. The Morgan fingerprint density at radius 3 is 2.26 bits per heavy atom. The predicted molar refractivity (Wildman–Crippen MR) is 95.5 cm³/mol. The van der Waals surface area contributed by atoms with Gasteiger partial charge < -0.3 is 5.32 Å². The van der Waals surface area contributed by atoms with Gasteiger partial charge in [0.25, 0.3) is 0 Å². The summed E-state index contributed by atoms with van der Waals surface area (Å²) in [6.07, 6.45) is 2.43. The minimum Gasteiger partial charge on any atom is -0.355 e. The molecule has 2 aromatic carbocycles. The molecular weight excluding hydrogens is 353 g/mol. The van der Waals surface area contributed by atoms with Gasteiger partial charge in [0.05, 0.1) is 5.41 Å². The molecule has 0 unspecified atom stereocenters. The van der Waals surface area contributed by atoms with Gasteiger partial charge in [0.15, 0.2) is 0 Å². The summed E-state index contributed by atoms with van der Waals surface area (Å²) in [6, 6.07) is 12.9. The Kier molecular flexibility index (Phi) is 4.86. The van der Waals surface area contributed by atoms with E-state index < -0.39 is 0 Å². The molecule has 120 valence electrons. The highest BCUT2D eigenvalue weighted by molar-refractivity contribution is 6.35. The Hall–Kier alpha value is -1.22. The first-order valence-electron chi connectivity index (χ1n) is 7.49. The molecule has 0 radical (unpaired) electrons. The number of carbonyl (C=O) groups is 1. The molecule has 0 saturated heterocycles. The fraction of sp³-hybridized carbons (Fsp3) is 0.278. The number of amides is 1. The van der Waals surface area contributed by atoms with Crippen LogP contribution >= 0.6 is 34.8 Å². The fourth-order valence-electron chi connectivity index (χ4n) is 2.75. The van der Waals surface area contributed by atoms with Crippen LogP contribution < -0.4 is 5.32 Å². The summed E-state index contributed by atoms with van der Waals surface area (Å²) < 4.78 is 0. The Morgan fingerprint density at radius 2 is 1.65 bits per heavy atom. The lowest BCUT2D eigenvalue weighted by Crippen LogP contribution is -2.35. The number of hydrogen-bond donors (Lipinski definition) is 1. The van der Waals surface area contributed by atoms with Crippen molar-refractivity contribution in [3.63, 3.8) is 0 Å². The maximum atomic E-state index is 12.5. The normalized spacial score (nSPS) is 15.3. The van der Waals surface area contributed by atoms with E-state index in [0.717, 1.165) is 24.0 Å². The second kappa shape index (κ2) is 6.72. The van der Waals surface area contributed by atoms with Gasteiger partial charge in [-0.2, -0.15) is 0 Å². The number of rotatable bonds is 5. The summed E-state index contributed by atoms with van der Waals surface area (Å²) in [7, 11) is 0. The van der Waals surface area contributed by atoms with Crippen LogP contribution in [0.5, 0.6) is 0 Å². The van der Waals surface area contributed by atoms with Gasteiger partial charge in [0, 0.05) is 21.6 Å². The maximum absolute atomic E-state index is 12.5. The van der Waals surface area contributed by atoms with Crippen molar-refractivity contribution in [3.05, 3.63) is 68.7 Å². The van der Waals surface area contributed by atoms with Crippen LogP contribution in [0.2, 0.25) is 15.1 Å². The van der Waals surface area contributed by atoms with Crippen LogP contribution in [0.3, 0.4) is 0 Å². The predicted octanol–water partition coefficient (Wildman–Crippen LogP) is 5.04. The molecule has 0 spiro atoms. The molecule has 0 aromatic heterocycles.